The lowest BCUT2D eigenvalue weighted by Crippen LogP contribution is -2.69. The molecule has 5 aliphatic heterocycles. The molecular weight excluding hydrogens is 700 g/mol. The second-order valence-electron chi connectivity index (χ2n) is 12.1. The molecule has 49 heavy (non-hydrogen) atoms. The summed E-state index contributed by atoms with van der Waals surface area (Å²) in [7, 11) is -4.36. The van der Waals surface area contributed by atoms with Gasteiger partial charge in [0.15, 0.2) is 37.4 Å². The van der Waals surface area contributed by atoms with Crippen LogP contribution in [0, 0.1) is 0 Å². The minimum Gasteiger partial charge on any atom is -0.394 e. The van der Waals surface area contributed by atoms with E-state index in [-0.39, 0.29) is 0 Å². The third kappa shape index (κ3) is 8.20. The van der Waals surface area contributed by atoms with Crippen LogP contribution in [0.25, 0.3) is 0 Å². The highest BCUT2D eigenvalue weighted by atomic mass is 32.2. The van der Waals surface area contributed by atoms with Gasteiger partial charge in [-0.15, -0.1) is 0 Å². The monoisotopic (exact) mass is 742 g/mol. The first-order chi connectivity index (χ1) is 23.1. The van der Waals surface area contributed by atoms with Gasteiger partial charge in [-0.3, -0.25) is 4.18 Å². The second kappa shape index (κ2) is 16.0. The molecule has 0 amide bonds. The maximum atomic E-state index is 12.3. The summed E-state index contributed by atoms with van der Waals surface area (Å²) in [6.07, 6.45) is -33.4. The van der Waals surface area contributed by atoms with Crippen molar-refractivity contribution in [3.63, 3.8) is 0 Å². The molecule has 0 saturated carbocycles. The Morgan fingerprint density at radius 3 is 1.67 bits per heavy atom. The number of aliphatic hydroxyl groups excluding tert-OH is 11. The van der Waals surface area contributed by atoms with E-state index >= 15 is 0 Å². The zero-order valence-electron chi connectivity index (χ0n) is 25.6. The quantitative estimate of drug-likeness (QED) is 0.0691. The fourth-order valence-electron chi connectivity index (χ4n) is 6.10. The summed E-state index contributed by atoms with van der Waals surface area (Å²) in [5.74, 6) is 0. The lowest BCUT2D eigenvalue weighted by atomic mass is 9.95. The lowest BCUT2D eigenvalue weighted by Gasteiger charge is -2.51. The van der Waals surface area contributed by atoms with Gasteiger partial charge in [0.1, 0.15) is 92.1 Å². The number of rotatable bonds is 11. The van der Waals surface area contributed by atoms with Crippen molar-refractivity contribution in [2.24, 2.45) is 0 Å². The van der Waals surface area contributed by atoms with E-state index in [0.717, 1.165) is 0 Å². The molecule has 0 aromatic carbocycles. The van der Waals surface area contributed by atoms with Crippen LogP contribution >= 0.6 is 0 Å². The van der Waals surface area contributed by atoms with Gasteiger partial charge in [0.05, 0.1) is 26.1 Å². The molecule has 0 aromatic heterocycles. The molecule has 20 atom stereocenters. The van der Waals surface area contributed by atoms with Crippen LogP contribution in [0.3, 0.4) is 0 Å². The number of hydrogen-bond acceptors (Lipinski definition) is 23. The number of hydrogen-bond donors (Lipinski definition) is 11. The topological polar surface area (TPSA) is 349 Å². The van der Waals surface area contributed by atoms with E-state index in [0.29, 0.717) is 6.26 Å². The maximum Gasteiger partial charge on any atom is 0.264 e. The van der Waals surface area contributed by atoms with Crippen LogP contribution in [0.15, 0.2) is 0 Å². The minimum absolute atomic E-state index is 0.409. The van der Waals surface area contributed by atoms with Gasteiger partial charge < -0.3 is 89.3 Å². The number of ether oxygens (including phenoxy) is 7. The normalized spacial score (nSPS) is 51.0. The van der Waals surface area contributed by atoms with Crippen LogP contribution in [0.2, 0.25) is 0 Å². The predicted molar refractivity (Wildman–Crippen MR) is 145 cm³/mol. The first kappa shape index (κ1) is 39.3. The Hall–Kier alpha value is -0.890. The van der Waals surface area contributed by atoms with E-state index in [1.807, 2.05) is 0 Å². The van der Waals surface area contributed by atoms with Crippen molar-refractivity contribution in [3.05, 3.63) is 0 Å². The summed E-state index contributed by atoms with van der Waals surface area (Å²) >= 11 is 0. The first-order valence-electron chi connectivity index (χ1n) is 15.1. The highest BCUT2D eigenvalue weighted by Crippen LogP contribution is 2.38. The fourth-order valence-corrected chi connectivity index (χ4v) is 6.70. The van der Waals surface area contributed by atoms with Gasteiger partial charge in [-0.05, 0) is 0 Å². The van der Waals surface area contributed by atoms with E-state index in [4.69, 9.17) is 47.1 Å². The molecule has 5 heterocycles. The first-order valence-corrected chi connectivity index (χ1v) is 16.9. The van der Waals surface area contributed by atoms with Crippen molar-refractivity contribution < 1.29 is 112 Å². The molecule has 0 aliphatic carbocycles. The van der Waals surface area contributed by atoms with E-state index in [2.05, 4.69) is 0 Å². The van der Waals surface area contributed by atoms with E-state index in [1.165, 1.54) is 0 Å². The van der Waals surface area contributed by atoms with Crippen LogP contribution < -0.4 is 0 Å². The SMILES string of the molecule is CS(=O)(=O)O[C@H]1[C@@H](O[C@H]2[C@H](O)[C@@H](O)[C@@H](O[C@H]3[C@H](O)[C@@H](O)[C@@H](O)O[C@@H]3CO)O[C@@H]2CO)O[C@@H]2COO[C@H]1[C@@H]2O[C@H]1O[C@H](CO)[C@@H](O)[C@H](O)[C@H]1O. The average molecular weight is 743 g/mol. The zero-order valence-corrected chi connectivity index (χ0v) is 26.4. The Balaban J connectivity index is 1.33. The molecule has 0 spiro atoms. The molecule has 5 rings (SSSR count). The summed E-state index contributed by atoms with van der Waals surface area (Å²) in [6.45, 7) is -2.91. The molecule has 5 aliphatic rings. The van der Waals surface area contributed by atoms with E-state index in [1.54, 1.807) is 0 Å². The average Bonchev–Trinajstić information content (AvgIpc) is 3.06. The van der Waals surface area contributed by atoms with Crippen LogP contribution in [0.1, 0.15) is 0 Å². The predicted octanol–water partition coefficient (Wildman–Crippen LogP) is -8.79. The smallest absolute Gasteiger partial charge is 0.264 e. The summed E-state index contributed by atoms with van der Waals surface area (Å²) in [6, 6.07) is 0. The molecule has 286 valence electrons. The summed E-state index contributed by atoms with van der Waals surface area (Å²) in [5, 5.41) is 112. The molecule has 2 bridgehead atoms. The summed E-state index contributed by atoms with van der Waals surface area (Å²) in [5.41, 5.74) is 0. The second-order valence-corrected chi connectivity index (χ2v) is 13.7. The van der Waals surface area contributed by atoms with Crippen LogP contribution in [0.4, 0.5) is 0 Å². The Kier molecular flexibility index (Phi) is 12.8. The molecule has 0 radical (unpaired) electrons. The van der Waals surface area contributed by atoms with Gasteiger partial charge in [-0.2, -0.15) is 8.42 Å². The largest absolute Gasteiger partial charge is 0.394 e. The van der Waals surface area contributed by atoms with E-state index < -0.39 is 159 Å². The van der Waals surface area contributed by atoms with Crippen molar-refractivity contribution >= 4 is 10.1 Å². The van der Waals surface area contributed by atoms with Gasteiger partial charge in [0, 0.05) is 0 Å². The Labute approximate surface area is 277 Å². The molecule has 0 unspecified atom stereocenters. The van der Waals surface area contributed by atoms with Gasteiger partial charge in [-0.1, -0.05) is 0 Å². The summed E-state index contributed by atoms with van der Waals surface area (Å²) in [4.78, 5) is 10.3. The van der Waals surface area contributed by atoms with Crippen LogP contribution in [-0.4, -0.2) is 220 Å². The molecule has 11 N–H and O–H groups in total. The van der Waals surface area contributed by atoms with Crippen molar-refractivity contribution in [3.8, 4) is 0 Å². The molecule has 24 heteroatoms. The van der Waals surface area contributed by atoms with Gasteiger partial charge in [0.2, 0.25) is 0 Å². The van der Waals surface area contributed by atoms with Gasteiger partial charge >= 0.3 is 0 Å². The van der Waals surface area contributed by atoms with Gasteiger partial charge in [0.25, 0.3) is 10.1 Å². The Morgan fingerprint density at radius 2 is 1.08 bits per heavy atom. The molecule has 0 aromatic rings. The highest BCUT2D eigenvalue weighted by Gasteiger charge is 2.58. The number of fused-ring (bicyclic) bond motifs is 2. The van der Waals surface area contributed by atoms with Crippen LogP contribution in [-0.2, 0) is 57.2 Å². The summed E-state index contributed by atoms with van der Waals surface area (Å²) < 4.78 is 68.8. The Bertz CT molecular complexity index is 1180. The number of aliphatic hydroxyl groups is 11. The van der Waals surface area contributed by atoms with Gasteiger partial charge in [-0.25, -0.2) is 9.78 Å². The van der Waals surface area contributed by atoms with Crippen LogP contribution in [0.5, 0.6) is 0 Å². The van der Waals surface area contributed by atoms with E-state index in [9.17, 15) is 64.6 Å². The molecular formula is C25H42O23S. The zero-order chi connectivity index (χ0) is 35.9. The fraction of sp³-hybridized carbons (Fsp3) is 1.00. The lowest BCUT2D eigenvalue weighted by molar-refractivity contribution is -0.463. The third-order valence-corrected chi connectivity index (χ3v) is 9.24. The standard InChI is InChI=1S/C25H42O23S/c1-49(37,38)48-21-20-19(46-23-15(34)11(30)10(29)6(2-26)41-23)9(5-39-47-20)43-25(21)45-18-8(4-28)42-24(16(35)13(18)32)44-17-7(3-27)40-22(36)14(33)12(17)31/h6-36H,2-5H2,1H3/t6-,7-,8-,9-,10-,11+,12-,13-,14-,15-,16-,17-,18-,19-,20+,21-,22+,23-,24-,25-/m1/s1. The molecule has 5 saturated heterocycles. The molecule has 23 nitrogen and oxygen atoms in total. The minimum atomic E-state index is -4.36. The third-order valence-electron chi connectivity index (χ3n) is 8.67. The van der Waals surface area contributed by atoms with Crippen molar-refractivity contribution in [1.29, 1.82) is 0 Å². The van der Waals surface area contributed by atoms with Crippen molar-refractivity contribution in [2.45, 2.75) is 123 Å². The van der Waals surface area contributed by atoms with Crippen molar-refractivity contribution in [2.75, 3.05) is 32.7 Å². The maximum absolute atomic E-state index is 12.3. The Morgan fingerprint density at radius 1 is 0.571 bits per heavy atom. The highest BCUT2D eigenvalue weighted by molar-refractivity contribution is 7.86. The van der Waals surface area contributed by atoms with Crippen molar-refractivity contribution in [1.82, 2.24) is 0 Å². The molecule has 5 fully saturated rings.